The molecule has 3 unspecified atom stereocenters. The molecule has 0 aromatic heterocycles. The molecule has 0 heterocycles. The summed E-state index contributed by atoms with van der Waals surface area (Å²) in [7, 11) is 0. The van der Waals surface area contributed by atoms with Crippen LogP contribution in [-0.4, -0.2) is 10.7 Å². The molecule has 1 nitrogen and oxygen atoms in total. The normalized spacial score (nSPS) is 40.2. The van der Waals surface area contributed by atoms with Crippen LogP contribution in [0.2, 0.25) is 0 Å². The van der Waals surface area contributed by atoms with Gasteiger partial charge in [-0.1, -0.05) is 25.5 Å². The summed E-state index contributed by atoms with van der Waals surface area (Å²) in [5.74, 6) is 1.21. The van der Waals surface area contributed by atoms with Gasteiger partial charge in [-0.15, -0.1) is 0 Å². The summed E-state index contributed by atoms with van der Waals surface area (Å²) in [6.45, 7) is 8.74. The number of hydrogen-bond acceptors (Lipinski definition) is 1. The van der Waals surface area contributed by atoms with Gasteiger partial charge in [0.15, 0.2) is 0 Å². The minimum atomic E-state index is -0.526. The predicted octanol–water partition coefficient (Wildman–Crippen LogP) is 3.92. The summed E-state index contributed by atoms with van der Waals surface area (Å²) in [4.78, 5) is 0. The molecule has 16 heavy (non-hydrogen) atoms. The smallest absolute Gasteiger partial charge is 0.0623 e. The molecule has 0 saturated heterocycles. The van der Waals surface area contributed by atoms with E-state index in [-0.39, 0.29) is 0 Å². The molecule has 2 aliphatic rings. The first kappa shape index (κ1) is 12.2. The molecule has 3 atom stereocenters. The van der Waals surface area contributed by atoms with Gasteiger partial charge in [0.25, 0.3) is 0 Å². The molecule has 0 bridgehead atoms. The van der Waals surface area contributed by atoms with Crippen molar-refractivity contribution in [3.63, 3.8) is 0 Å². The van der Waals surface area contributed by atoms with Gasteiger partial charge in [-0.05, 0) is 63.2 Å². The fourth-order valence-corrected chi connectivity index (χ4v) is 3.60. The summed E-state index contributed by atoms with van der Waals surface area (Å²) < 4.78 is 0. The molecule has 0 aromatic rings. The van der Waals surface area contributed by atoms with E-state index >= 15 is 0 Å². The molecule has 1 fully saturated rings. The molecular weight excluding hydrogens is 196 g/mol. The quantitative estimate of drug-likeness (QED) is 0.667. The Morgan fingerprint density at radius 2 is 2.12 bits per heavy atom. The van der Waals surface area contributed by atoms with E-state index < -0.39 is 5.60 Å². The standard InChI is InChI=1S/C15H26O/c1-11-6-5-7-12-8-9-13(14(2,3)16)10-15(11,12)4/h8,11,13,16H,5-7,9-10H2,1-4H3. The number of allylic oxidation sites excluding steroid dienone is 2. The van der Waals surface area contributed by atoms with E-state index in [9.17, 15) is 5.11 Å². The lowest BCUT2D eigenvalue weighted by molar-refractivity contribution is -0.0154. The molecule has 0 radical (unpaired) electrons. The van der Waals surface area contributed by atoms with Gasteiger partial charge in [-0.2, -0.15) is 0 Å². The van der Waals surface area contributed by atoms with Crippen molar-refractivity contribution >= 4 is 0 Å². The first-order chi connectivity index (χ1) is 7.34. The van der Waals surface area contributed by atoms with Gasteiger partial charge in [-0.3, -0.25) is 0 Å². The van der Waals surface area contributed by atoms with Crippen LogP contribution in [0.25, 0.3) is 0 Å². The molecule has 0 aliphatic heterocycles. The zero-order valence-corrected chi connectivity index (χ0v) is 11.2. The van der Waals surface area contributed by atoms with Crippen LogP contribution in [0.15, 0.2) is 11.6 Å². The second-order valence-corrected chi connectivity index (χ2v) is 6.73. The summed E-state index contributed by atoms with van der Waals surface area (Å²) in [6.07, 6.45) is 8.67. The van der Waals surface area contributed by atoms with Crippen molar-refractivity contribution in [1.29, 1.82) is 0 Å². The lowest BCUT2D eigenvalue weighted by Crippen LogP contribution is -2.42. The van der Waals surface area contributed by atoms with Crippen molar-refractivity contribution in [2.24, 2.45) is 17.3 Å². The third kappa shape index (κ3) is 1.95. The Morgan fingerprint density at radius 3 is 2.75 bits per heavy atom. The second-order valence-electron chi connectivity index (χ2n) is 6.73. The first-order valence-electron chi connectivity index (χ1n) is 6.76. The lowest BCUT2D eigenvalue weighted by atomic mass is 9.57. The van der Waals surface area contributed by atoms with Crippen LogP contribution in [0, 0.1) is 17.3 Å². The minimum absolute atomic E-state index is 0.362. The van der Waals surface area contributed by atoms with Gasteiger partial charge in [0.2, 0.25) is 0 Å². The summed E-state index contributed by atoms with van der Waals surface area (Å²) in [5, 5.41) is 10.2. The average molecular weight is 222 g/mol. The third-order valence-electron chi connectivity index (χ3n) is 5.22. The number of rotatable bonds is 1. The lowest BCUT2D eigenvalue weighted by Gasteiger charge is -2.49. The van der Waals surface area contributed by atoms with Crippen molar-refractivity contribution in [3.05, 3.63) is 11.6 Å². The average Bonchev–Trinajstić information content (AvgIpc) is 2.17. The van der Waals surface area contributed by atoms with Gasteiger partial charge >= 0.3 is 0 Å². The Hall–Kier alpha value is -0.300. The van der Waals surface area contributed by atoms with E-state index in [4.69, 9.17) is 0 Å². The van der Waals surface area contributed by atoms with Gasteiger partial charge in [0.05, 0.1) is 5.60 Å². The van der Waals surface area contributed by atoms with Crippen molar-refractivity contribution in [2.75, 3.05) is 0 Å². The van der Waals surface area contributed by atoms with Gasteiger partial charge in [0, 0.05) is 0 Å². The highest BCUT2D eigenvalue weighted by molar-refractivity contribution is 5.21. The molecule has 0 amide bonds. The van der Waals surface area contributed by atoms with Gasteiger partial charge < -0.3 is 5.11 Å². The summed E-state index contributed by atoms with van der Waals surface area (Å²) in [6, 6.07) is 0. The Morgan fingerprint density at radius 1 is 1.44 bits per heavy atom. The van der Waals surface area contributed by atoms with E-state index in [0.717, 1.165) is 12.3 Å². The maximum atomic E-state index is 10.2. The van der Waals surface area contributed by atoms with E-state index in [2.05, 4.69) is 19.9 Å². The highest BCUT2D eigenvalue weighted by Gasteiger charge is 2.44. The summed E-state index contributed by atoms with van der Waals surface area (Å²) >= 11 is 0. The third-order valence-corrected chi connectivity index (χ3v) is 5.22. The SMILES string of the molecule is CC1CCCC2=CCC(C(C)(C)O)CC21C. The van der Waals surface area contributed by atoms with Crippen molar-refractivity contribution in [1.82, 2.24) is 0 Å². The molecule has 2 rings (SSSR count). The number of aliphatic hydroxyl groups is 1. The maximum Gasteiger partial charge on any atom is 0.0623 e. The molecule has 0 spiro atoms. The number of hydrogen-bond donors (Lipinski definition) is 1. The van der Waals surface area contributed by atoms with Crippen LogP contribution < -0.4 is 0 Å². The molecule has 1 N–H and O–H groups in total. The molecule has 0 aromatic carbocycles. The van der Waals surface area contributed by atoms with Crippen molar-refractivity contribution in [3.8, 4) is 0 Å². The van der Waals surface area contributed by atoms with Crippen molar-refractivity contribution < 1.29 is 5.11 Å². The van der Waals surface area contributed by atoms with E-state index in [1.165, 1.54) is 25.7 Å². The largest absolute Gasteiger partial charge is 0.390 e. The zero-order chi connectivity index (χ0) is 12.0. The molecular formula is C15H26O. The topological polar surface area (TPSA) is 20.2 Å². The molecule has 92 valence electrons. The van der Waals surface area contributed by atoms with Crippen LogP contribution in [0.3, 0.4) is 0 Å². The Bertz CT molecular complexity index is 297. The molecule has 2 aliphatic carbocycles. The van der Waals surface area contributed by atoms with Crippen LogP contribution in [0.5, 0.6) is 0 Å². The van der Waals surface area contributed by atoms with E-state index in [1.54, 1.807) is 5.57 Å². The fourth-order valence-electron chi connectivity index (χ4n) is 3.60. The number of fused-ring (bicyclic) bond motifs is 1. The first-order valence-corrected chi connectivity index (χ1v) is 6.76. The Kier molecular flexibility index (Phi) is 2.94. The Balaban J connectivity index is 2.25. The van der Waals surface area contributed by atoms with Crippen LogP contribution in [-0.2, 0) is 0 Å². The van der Waals surface area contributed by atoms with Gasteiger partial charge in [0.1, 0.15) is 0 Å². The highest BCUT2D eigenvalue weighted by Crippen LogP contribution is 2.53. The summed E-state index contributed by atoms with van der Waals surface area (Å²) in [5.41, 5.74) is 1.51. The zero-order valence-electron chi connectivity index (χ0n) is 11.2. The fraction of sp³-hybridized carbons (Fsp3) is 0.867. The monoisotopic (exact) mass is 222 g/mol. The molecule has 1 saturated carbocycles. The van der Waals surface area contributed by atoms with Crippen LogP contribution in [0.4, 0.5) is 0 Å². The van der Waals surface area contributed by atoms with Gasteiger partial charge in [-0.25, -0.2) is 0 Å². The molecule has 1 heteroatoms. The van der Waals surface area contributed by atoms with Crippen LogP contribution >= 0.6 is 0 Å². The van der Waals surface area contributed by atoms with Crippen molar-refractivity contribution in [2.45, 2.75) is 65.4 Å². The Labute approximate surface area is 99.9 Å². The highest BCUT2D eigenvalue weighted by atomic mass is 16.3. The predicted molar refractivity (Wildman–Crippen MR) is 68.2 cm³/mol. The van der Waals surface area contributed by atoms with E-state index in [0.29, 0.717) is 11.3 Å². The minimum Gasteiger partial charge on any atom is -0.390 e. The van der Waals surface area contributed by atoms with Crippen LogP contribution in [0.1, 0.15) is 59.8 Å². The maximum absolute atomic E-state index is 10.2. The van der Waals surface area contributed by atoms with E-state index in [1.807, 2.05) is 13.8 Å². The second kappa shape index (κ2) is 3.87.